The van der Waals surface area contributed by atoms with E-state index >= 15 is 0 Å². The van der Waals surface area contributed by atoms with Crippen LogP contribution in [0.5, 0.6) is 0 Å². The Morgan fingerprint density at radius 2 is 1.63 bits per heavy atom. The highest BCUT2D eigenvalue weighted by atomic mass is 19.1. The molecule has 2 heteroatoms. The van der Waals surface area contributed by atoms with E-state index in [2.05, 4.69) is 13.8 Å². The van der Waals surface area contributed by atoms with Gasteiger partial charge in [0.25, 0.3) is 0 Å². The van der Waals surface area contributed by atoms with Gasteiger partial charge in [-0.25, -0.2) is 4.39 Å². The molecule has 4 fully saturated rings. The summed E-state index contributed by atoms with van der Waals surface area (Å²) in [5, 5.41) is 10.2. The second kappa shape index (κ2) is 7.91. The van der Waals surface area contributed by atoms with Crippen LogP contribution in [0.1, 0.15) is 90.0 Å². The molecular weight excluding hydrogens is 371 g/mol. The van der Waals surface area contributed by atoms with E-state index in [0.29, 0.717) is 10.8 Å². The lowest BCUT2D eigenvalue weighted by Crippen LogP contribution is -2.53. The maximum Gasteiger partial charge on any atom is 0.123 e. The Labute approximate surface area is 182 Å². The predicted molar refractivity (Wildman–Crippen MR) is 121 cm³/mol. The van der Waals surface area contributed by atoms with Gasteiger partial charge in [0.15, 0.2) is 0 Å². The molecule has 1 N–H and O–H groups in total. The average Bonchev–Trinajstić information content (AvgIpc) is 3.06. The van der Waals surface area contributed by atoms with Gasteiger partial charge < -0.3 is 5.11 Å². The molecule has 8 atom stereocenters. The van der Waals surface area contributed by atoms with Crippen molar-refractivity contribution in [2.75, 3.05) is 0 Å². The van der Waals surface area contributed by atoms with Crippen LogP contribution >= 0.6 is 0 Å². The Balaban J connectivity index is 1.24. The lowest BCUT2D eigenvalue weighted by molar-refractivity contribution is -0.126. The van der Waals surface area contributed by atoms with Gasteiger partial charge in [0.2, 0.25) is 0 Å². The van der Waals surface area contributed by atoms with E-state index in [1.807, 2.05) is 12.1 Å². The molecular formula is C28H41FO. The zero-order chi connectivity index (χ0) is 20.9. The van der Waals surface area contributed by atoms with Crippen molar-refractivity contribution >= 4 is 0 Å². The van der Waals surface area contributed by atoms with Gasteiger partial charge in [-0.2, -0.15) is 0 Å². The van der Waals surface area contributed by atoms with Gasteiger partial charge in [0.05, 0.1) is 6.10 Å². The molecule has 1 aromatic carbocycles. The molecule has 166 valence electrons. The van der Waals surface area contributed by atoms with Gasteiger partial charge in [0.1, 0.15) is 5.82 Å². The minimum atomic E-state index is -0.127. The van der Waals surface area contributed by atoms with Gasteiger partial charge in [0, 0.05) is 0 Å². The summed E-state index contributed by atoms with van der Waals surface area (Å²) in [7, 11) is 0. The number of rotatable bonds is 4. The first-order valence-electron chi connectivity index (χ1n) is 12.8. The van der Waals surface area contributed by atoms with Crippen molar-refractivity contribution in [3.05, 3.63) is 35.6 Å². The summed E-state index contributed by atoms with van der Waals surface area (Å²) in [5.74, 6) is 4.28. The molecule has 4 aliphatic carbocycles. The van der Waals surface area contributed by atoms with Crippen LogP contribution in [0.3, 0.4) is 0 Å². The predicted octanol–water partition coefficient (Wildman–Crippen LogP) is 7.17. The maximum atomic E-state index is 13.2. The van der Waals surface area contributed by atoms with Crippen LogP contribution in [0.2, 0.25) is 0 Å². The molecule has 0 radical (unpaired) electrons. The molecule has 1 nitrogen and oxygen atoms in total. The van der Waals surface area contributed by atoms with Gasteiger partial charge in [-0.05, 0) is 135 Å². The molecule has 0 spiro atoms. The minimum absolute atomic E-state index is 0.0366. The maximum absolute atomic E-state index is 13.2. The Morgan fingerprint density at radius 1 is 0.900 bits per heavy atom. The zero-order valence-corrected chi connectivity index (χ0v) is 19.1. The molecule has 1 aromatic rings. The zero-order valence-electron chi connectivity index (χ0n) is 19.1. The Morgan fingerprint density at radius 3 is 2.43 bits per heavy atom. The summed E-state index contributed by atoms with van der Waals surface area (Å²) in [6.45, 7) is 5.24. The highest BCUT2D eigenvalue weighted by Crippen LogP contribution is 2.67. The van der Waals surface area contributed by atoms with Crippen molar-refractivity contribution in [2.24, 2.45) is 40.4 Å². The smallest absolute Gasteiger partial charge is 0.123 e. The Bertz CT molecular complexity index is 744. The Kier molecular flexibility index (Phi) is 5.53. The summed E-state index contributed by atoms with van der Waals surface area (Å²) in [6.07, 6.45) is 15.5. The fourth-order valence-corrected chi connectivity index (χ4v) is 9.02. The monoisotopic (exact) mass is 412 g/mol. The minimum Gasteiger partial charge on any atom is -0.393 e. The molecule has 5 rings (SSSR count). The first-order chi connectivity index (χ1) is 14.4. The number of hydrogen-bond donors (Lipinski definition) is 1. The van der Waals surface area contributed by atoms with E-state index in [0.717, 1.165) is 48.9 Å². The first kappa shape index (κ1) is 21.0. The number of aliphatic hydroxyl groups is 1. The second-order valence-corrected chi connectivity index (χ2v) is 11.9. The first-order valence-corrected chi connectivity index (χ1v) is 12.8. The van der Waals surface area contributed by atoms with Crippen LogP contribution in [0.25, 0.3) is 0 Å². The third-order valence-corrected chi connectivity index (χ3v) is 10.8. The third kappa shape index (κ3) is 3.46. The molecule has 0 amide bonds. The van der Waals surface area contributed by atoms with E-state index < -0.39 is 0 Å². The molecule has 7 unspecified atom stereocenters. The van der Waals surface area contributed by atoms with Crippen molar-refractivity contribution in [1.29, 1.82) is 0 Å². The number of fused-ring (bicyclic) bond motifs is 5. The number of aryl methyl sites for hydroxylation is 1. The average molecular weight is 413 g/mol. The SMILES string of the molecule is CC12CCC3[C@@H](CCC4CC(O)CCC43C)C1CCC2CCCc1ccc(F)cc1. The summed E-state index contributed by atoms with van der Waals surface area (Å²) in [5.41, 5.74) is 2.32. The van der Waals surface area contributed by atoms with Gasteiger partial charge in [-0.15, -0.1) is 0 Å². The van der Waals surface area contributed by atoms with Crippen molar-refractivity contribution in [2.45, 2.75) is 97.0 Å². The van der Waals surface area contributed by atoms with Crippen LogP contribution in [-0.2, 0) is 6.42 Å². The Hall–Kier alpha value is -0.890. The van der Waals surface area contributed by atoms with Crippen molar-refractivity contribution in [1.82, 2.24) is 0 Å². The number of halogens is 1. The molecule has 0 aliphatic heterocycles. The molecule has 0 saturated heterocycles. The number of benzene rings is 1. The lowest BCUT2D eigenvalue weighted by atomic mass is 9.44. The van der Waals surface area contributed by atoms with Crippen LogP contribution in [-0.4, -0.2) is 11.2 Å². The molecule has 0 heterocycles. The fraction of sp³-hybridized carbons (Fsp3) is 0.786. The van der Waals surface area contributed by atoms with Crippen molar-refractivity contribution in [3.8, 4) is 0 Å². The van der Waals surface area contributed by atoms with E-state index in [9.17, 15) is 9.50 Å². The molecule has 0 aromatic heterocycles. The van der Waals surface area contributed by atoms with Crippen LogP contribution in [0.4, 0.5) is 4.39 Å². The number of aliphatic hydroxyl groups excluding tert-OH is 1. The van der Waals surface area contributed by atoms with Crippen molar-refractivity contribution < 1.29 is 9.50 Å². The highest BCUT2D eigenvalue weighted by molar-refractivity contribution is 5.16. The van der Waals surface area contributed by atoms with Crippen LogP contribution in [0, 0.1) is 46.2 Å². The summed E-state index contributed by atoms with van der Waals surface area (Å²) in [6, 6.07) is 7.12. The topological polar surface area (TPSA) is 20.2 Å². The van der Waals surface area contributed by atoms with Gasteiger partial charge in [-0.3, -0.25) is 0 Å². The molecule has 4 aliphatic rings. The van der Waals surface area contributed by atoms with Crippen LogP contribution < -0.4 is 0 Å². The van der Waals surface area contributed by atoms with Gasteiger partial charge in [-0.1, -0.05) is 26.0 Å². The van der Waals surface area contributed by atoms with E-state index in [-0.39, 0.29) is 11.9 Å². The van der Waals surface area contributed by atoms with Crippen molar-refractivity contribution in [3.63, 3.8) is 0 Å². The highest BCUT2D eigenvalue weighted by Gasteiger charge is 2.59. The largest absolute Gasteiger partial charge is 0.393 e. The van der Waals surface area contributed by atoms with E-state index in [1.54, 1.807) is 12.1 Å². The molecule has 0 bridgehead atoms. The molecule has 4 saturated carbocycles. The lowest BCUT2D eigenvalue weighted by Gasteiger charge is -2.61. The normalized spacial score (nSPS) is 45.5. The van der Waals surface area contributed by atoms with E-state index in [1.165, 1.54) is 63.4 Å². The standard InChI is InChI=1S/C28H41FO/c1-27-17-15-26-24(12-8-21-18-23(30)14-16-28(21,26)2)25(27)13-9-20(27)5-3-4-19-6-10-22(29)11-7-19/h6-7,10-11,20-21,23-26,30H,3-5,8-9,12-18H2,1-2H3/t20?,21?,23?,24-,25?,26?,27?,28?/m0/s1. The second-order valence-electron chi connectivity index (χ2n) is 11.9. The van der Waals surface area contributed by atoms with Crippen LogP contribution in [0.15, 0.2) is 24.3 Å². The van der Waals surface area contributed by atoms with E-state index in [4.69, 9.17) is 0 Å². The quantitative estimate of drug-likeness (QED) is 0.556. The summed E-state index contributed by atoms with van der Waals surface area (Å²) < 4.78 is 13.2. The number of hydrogen-bond acceptors (Lipinski definition) is 1. The summed E-state index contributed by atoms with van der Waals surface area (Å²) >= 11 is 0. The summed E-state index contributed by atoms with van der Waals surface area (Å²) in [4.78, 5) is 0. The van der Waals surface area contributed by atoms with Gasteiger partial charge >= 0.3 is 0 Å². The fourth-order valence-electron chi connectivity index (χ4n) is 9.02. The third-order valence-electron chi connectivity index (χ3n) is 10.8. The molecule has 30 heavy (non-hydrogen) atoms.